The molecular formula is C21H34O2. The minimum absolute atomic E-state index is 0.369. The van der Waals surface area contributed by atoms with Crippen LogP contribution in [0.4, 0.5) is 0 Å². The average molecular weight is 319 g/mol. The van der Waals surface area contributed by atoms with E-state index in [1.165, 1.54) is 12.8 Å². The first-order chi connectivity index (χ1) is 10.8. The van der Waals surface area contributed by atoms with Crippen LogP contribution in [0.25, 0.3) is 0 Å². The van der Waals surface area contributed by atoms with Crippen molar-refractivity contribution in [2.75, 3.05) is 0 Å². The summed E-state index contributed by atoms with van der Waals surface area (Å²) in [6.45, 7) is 8.50. The van der Waals surface area contributed by atoms with E-state index in [0.29, 0.717) is 11.8 Å². The van der Waals surface area contributed by atoms with Gasteiger partial charge < -0.3 is 10.2 Å². The molecule has 2 heteroatoms. The van der Waals surface area contributed by atoms with Gasteiger partial charge in [-0.2, -0.15) is 0 Å². The van der Waals surface area contributed by atoms with E-state index in [1.807, 2.05) is 44.2 Å². The van der Waals surface area contributed by atoms with Gasteiger partial charge in [-0.1, -0.05) is 44.2 Å². The second kappa shape index (κ2) is 7.81. The van der Waals surface area contributed by atoms with Gasteiger partial charge in [0.1, 0.15) is 0 Å². The predicted molar refractivity (Wildman–Crippen MR) is 96.1 cm³/mol. The number of aliphatic hydroxyl groups excluding tert-OH is 1. The van der Waals surface area contributed by atoms with E-state index in [2.05, 4.69) is 13.8 Å². The van der Waals surface area contributed by atoms with E-state index < -0.39 is 5.60 Å². The van der Waals surface area contributed by atoms with Gasteiger partial charge in [-0.05, 0) is 75.2 Å². The average Bonchev–Trinajstić information content (AvgIpc) is 2.49. The molecule has 1 saturated carbocycles. The molecule has 0 radical (unpaired) electrons. The molecule has 2 nitrogen and oxygen atoms in total. The van der Waals surface area contributed by atoms with Gasteiger partial charge in [0.25, 0.3) is 0 Å². The van der Waals surface area contributed by atoms with Gasteiger partial charge >= 0.3 is 0 Å². The van der Waals surface area contributed by atoms with E-state index >= 15 is 0 Å². The van der Waals surface area contributed by atoms with Crippen molar-refractivity contribution in [3.05, 3.63) is 35.9 Å². The zero-order valence-electron chi connectivity index (χ0n) is 15.2. The lowest BCUT2D eigenvalue weighted by Gasteiger charge is -2.40. The number of hydrogen-bond acceptors (Lipinski definition) is 2. The van der Waals surface area contributed by atoms with Crippen molar-refractivity contribution in [2.24, 2.45) is 23.7 Å². The highest BCUT2D eigenvalue weighted by atomic mass is 16.3. The fraction of sp³-hybridized carbons (Fsp3) is 0.714. The molecule has 2 rings (SSSR count). The standard InChI is InChI=1S/C21H34O2/c1-15-12-18(10-11-21(3,4)23)19(13-16(15)2)14-20(22)17-8-6-5-7-9-17/h5-9,15-16,18-20,22-23H,10-14H2,1-4H3. The minimum Gasteiger partial charge on any atom is -0.390 e. The van der Waals surface area contributed by atoms with Gasteiger partial charge in [-0.15, -0.1) is 0 Å². The fourth-order valence-corrected chi connectivity index (χ4v) is 4.08. The predicted octanol–water partition coefficient (Wildman–Crippen LogP) is 4.96. The third-order valence-corrected chi connectivity index (χ3v) is 5.82. The van der Waals surface area contributed by atoms with Gasteiger partial charge in [0.05, 0.1) is 11.7 Å². The Labute approximate surface area is 141 Å². The zero-order chi connectivity index (χ0) is 17.0. The Morgan fingerprint density at radius 2 is 1.61 bits per heavy atom. The molecule has 0 heterocycles. The van der Waals surface area contributed by atoms with Gasteiger partial charge in [0.15, 0.2) is 0 Å². The van der Waals surface area contributed by atoms with E-state index in [0.717, 1.165) is 36.7 Å². The summed E-state index contributed by atoms with van der Waals surface area (Å²) in [4.78, 5) is 0. The number of hydrogen-bond donors (Lipinski definition) is 2. The van der Waals surface area contributed by atoms with Crippen LogP contribution in [0.3, 0.4) is 0 Å². The van der Waals surface area contributed by atoms with Crippen molar-refractivity contribution in [1.82, 2.24) is 0 Å². The second-order valence-corrected chi connectivity index (χ2v) is 8.46. The van der Waals surface area contributed by atoms with Crippen LogP contribution in [-0.4, -0.2) is 15.8 Å². The lowest BCUT2D eigenvalue weighted by atomic mass is 9.66. The van der Waals surface area contributed by atoms with E-state index in [1.54, 1.807) is 0 Å². The Bertz CT molecular complexity index is 462. The molecule has 5 atom stereocenters. The molecule has 0 amide bonds. The lowest BCUT2D eigenvalue weighted by molar-refractivity contribution is 0.0324. The van der Waals surface area contributed by atoms with Crippen molar-refractivity contribution in [2.45, 2.75) is 71.5 Å². The molecule has 0 bridgehead atoms. The van der Waals surface area contributed by atoms with Gasteiger partial charge in [-0.25, -0.2) is 0 Å². The van der Waals surface area contributed by atoms with Crippen molar-refractivity contribution in [3.8, 4) is 0 Å². The highest BCUT2D eigenvalue weighted by Crippen LogP contribution is 2.44. The second-order valence-electron chi connectivity index (χ2n) is 8.46. The molecule has 1 aliphatic carbocycles. The first-order valence-electron chi connectivity index (χ1n) is 9.21. The SMILES string of the molecule is CC1CC(CCC(C)(C)O)C(CC(O)c2ccccc2)CC1C. The quantitative estimate of drug-likeness (QED) is 0.778. The van der Waals surface area contributed by atoms with Crippen molar-refractivity contribution < 1.29 is 10.2 Å². The maximum Gasteiger partial charge on any atom is 0.0792 e. The summed E-state index contributed by atoms with van der Waals surface area (Å²) in [7, 11) is 0. The maximum atomic E-state index is 10.6. The van der Waals surface area contributed by atoms with Crippen molar-refractivity contribution in [1.29, 1.82) is 0 Å². The normalized spacial score (nSPS) is 30.2. The van der Waals surface area contributed by atoms with Gasteiger partial charge in [-0.3, -0.25) is 0 Å². The molecule has 0 aromatic heterocycles. The summed E-state index contributed by atoms with van der Waals surface area (Å²) in [6, 6.07) is 10.0. The molecule has 5 unspecified atom stereocenters. The molecule has 0 saturated heterocycles. The van der Waals surface area contributed by atoms with Crippen LogP contribution in [0.15, 0.2) is 30.3 Å². The van der Waals surface area contributed by atoms with Crippen LogP contribution in [0.5, 0.6) is 0 Å². The molecule has 0 spiro atoms. The maximum absolute atomic E-state index is 10.6. The summed E-state index contributed by atoms with van der Waals surface area (Å²) in [5.74, 6) is 2.64. The lowest BCUT2D eigenvalue weighted by Crippen LogP contribution is -2.32. The summed E-state index contributed by atoms with van der Waals surface area (Å²) in [5, 5.41) is 20.7. The third kappa shape index (κ3) is 5.61. The number of benzene rings is 1. The Balaban J connectivity index is 2.02. The van der Waals surface area contributed by atoms with Crippen LogP contribution in [0.1, 0.15) is 71.5 Å². The number of aliphatic hydroxyl groups is 2. The van der Waals surface area contributed by atoms with Crippen LogP contribution >= 0.6 is 0 Å². The first kappa shape index (κ1) is 18.5. The molecule has 1 fully saturated rings. The molecule has 1 aliphatic rings. The molecule has 2 N–H and O–H groups in total. The van der Waals surface area contributed by atoms with Crippen molar-refractivity contribution in [3.63, 3.8) is 0 Å². The van der Waals surface area contributed by atoms with Crippen LogP contribution in [-0.2, 0) is 0 Å². The summed E-state index contributed by atoms with van der Waals surface area (Å²) in [6.07, 6.45) is 4.80. The number of rotatable bonds is 6. The summed E-state index contributed by atoms with van der Waals surface area (Å²) in [5.41, 5.74) is 0.439. The highest BCUT2D eigenvalue weighted by molar-refractivity contribution is 5.17. The minimum atomic E-state index is -0.588. The summed E-state index contributed by atoms with van der Waals surface area (Å²) < 4.78 is 0. The van der Waals surface area contributed by atoms with Crippen LogP contribution in [0, 0.1) is 23.7 Å². The molecule has 1 aromatic rings. The monoisotopic (exact) mass is 318 g/mol. The summed E-state index contributed by atoms with van der Waals surface area (Å²) >= 11 is 0. The Morgan fingerprint density at radius 3 is 2.17 bits per heavy atom. The zero-order valence-corrected chi connectivity index (χ0v) is 15.2. The molecule has 130 valence electrons. The van der Waals surface area contributed by atoms with Crippen molar-refractivity contribution >= 4 is 0 Å². The molecule has 0 aliphatic heterocycles. The van der Waals surface area contributed by atoms with Crippen LogP contribution < -0.4 is 0 Å². The molecule has 1 aromatic carbocycles. The Morgan fingerprint density at radius 1 is 1.04 bits per heavy atom. The van der Waals surface area contributed by atoms with E-state index in [-0.39, 0.29) is 6.10 Å². The first-order valence-corrected chi connectivity index (χ1v) is 9.21. The molecule has 23 heavy (non-hydrogen) atoms. The smallest absolute Gasteiger partial charge is 0.0792 e. The van der Waals surface area contributed by atoms with E-state index in [9.17, 15) is 10.2 Å². The Hall–Kier alpha value is -0.860. The molecular weight excluding hydrogens is 284 g/mol. The van der Waals surface area contributed by atoms with E-state index in [4.69, 9.17) is 0 Å². The Kier molecular flexibility index (Phi) is 6.27. The van der Waals surface area contributed by atoms with Crippen LogP contribution in [0.2, 0.25) is 0 Å². The van der Waals surface area contributed by atoms with Gasteiger partial charge in [0, 0.05) is 0 Å². The van der Waals surface area contributed by atoms with Gasteiger partial charge in [0.2, 0.25) is 0 Å². The highest BCUT2D eigenvalue weighted by Gasteiger charge is 2.34. The topological polar surface area (TPSA) is 40.5 Å². The fourth-order valence-electron chi connectivity index (χ4n) is 4.08. The largest absolute Gasteiger partial charge is 0.390 e. The third-order valence-electron chi connectivity index (χ3n) is 5.82.